The molecule has 38 heavy (non-hydrogen) atoms. The van der Waals surface area contributed by atoms with Gasteiger partial charge < -0.3 is 19.2 Å². The molecule has 1 aliphatic rings. The highest BCUT2D eigenvalue weighted by Gasteiger charge is 2.29. The van der Waals surface area contributed by atoms with Crippen LogP contribution >= 0.6 is 11.3 Å². The van der Waals surface area contributed by atoms with Crippen LogP contribution in [0.15, 0.2) is 57.7 Å². The van der Waals surface area contributed by atoms with E-state index in [0.29, 0.717) is 27.1 Å². The van der Waals surface area contributed by atoms with E-state index in [0.717, 1.165) is 41.7 Å². The lowest BCUT2D eigenvalue weighted by Gasteiger charge is -2.17. The molecular formula is C30H29NO6S. The fraction of sp³-hybridized carbons (Fsp3) is 0.300. The Morgan fingerprint density at radius 3 is 2.58 bits per heavy atom. The first kappa shape index (κ1) is 25.7. The molecule has 0 fully saturated rings. The monoisotopic (exact) mass is 531 g/mol. The third-order valence-electron chi connectivity index (χ3n) is 6.62. The highest BCUT2D eigenvalue weighted by molar-refractivity contribution is 7.17. The van der Waals surface area contributed by atoms with Crippen LogP contribution in [0, 0.1) is 6.92 Å². The van der Waals surface area contributed by atoms with Crippen molar-refractivity contribution in [1.82, 2.24) is 0 Å². The van der Waals surface area contributed by atoms with Gasteiger partial charge in [0.25, 0.3) is 5.91 Å². The van der Waals surface area contributed by atoms with Crippen molar-refractivity contribution in [2.45, 2.75) is 52.6 Å². The summed E-state index contributed by atoms with van der Waals surface area (Å²) in [6, 6.07) is 14.5. The van der Waals surface area contributed by atoms with Crippen molar-refractivity contribution >= 4 is 39.2 Å². The first-order chi connectivity index (χ1) is 18.4. The van der Waals surface area contributed by atoms with Crippen LogP contribution in [0.2, 0.25) is 0 Å². The summed E-state index contributed by atoms with van der Waals surface area (Å²) in [5.41, 5.74) is 3.18. The fourth-order valence-electron chi connectivity index (χ4n) is 4.64. The summed E-state index contributed by atoms with van der Waals surface area (Å²) in [7, 11) is 0. The molecule has 0 bridgehead atoms. The number of thiophene rings is 1. The van der Waals surface area contributed by atoms with E-state index in [1.807, 2.05) is 31.2 Å². The average Bonchev–Trinajstić information content (AvgIpc) is 3.28. The van der Waals surface area contributed by atoms with Gasteiger partial charge >= 0.3 is 5.97 Å². The van der Waals surface area contributed by atoms with Crippen molar-refractivity contribution in [2.24, 2.45) is 0 Å². The minimum absolute atomic E-state index is 0.0358. The zero-order valence-electron chi connectivity index (χ0n) is 21.6. The molecule has 1 atom stereocenters. The maximum absolute atomic E-state index is 13.5. The standard InChI is InChI=1S/C30H29NO6S/c1-4-35-30(34)24-21-10-6-8-12-23(21)38-29(24)31-28(33)18(3)36-27-25(32)20-9-5-7-11-22(20)37-26(27)19-15-13-17(2)14-16-19/h5,7,9,11,13-16,18H,4,6,8,10,12H2,1-3H3,(H,31,33). The van der Waals surface area contributed by atoms with Crippen molar-refractivity contribution < 1.29 is 23.5 Å². The maximum atomic E-state index is 13.5. The molecule has 2 aromatic heterocycles. The topological polar surface area (TPSA) is 94.8 Å². The van der Waals surface area contributed by atoms with E-state index < -0.39 is 18.0 Å². The molecule has 8 heteroatoms. The third-order valence-corrected chi connectivity index (χ3v) is 7.83. The summed E-state index contributed by atoms with van der Waals surface area (Å²) in [6.07, 6.45) is 2.63. The first-order valence-corrected chi connectivity index (χ1v) is 13.6. The van der Waals surface area contributed by atoms with Gasteiger partial charge in [-0.15, -0.1) is 11.3 Å². The number of benzene rings is 2. The average molecular weight is 532 g/mol. The molecule has 7 nitrogen and oxygen atoms in total. The summed E-state index contributed by atoms with van der Waals surface area (Å²) in [4.78, 5) is 40.7. The zero-order valence-corrected chi connectivity index (χ0v) is 22.4. The molecule has 1 unspecified atom stereocenters. The molecule has 0 radical (unpaired) electrons. The smallest absolute Gasteiger partial charge is 0.341 e. The molecule has 0 aliphatic heterocycles. The van der Waals surface area contributed by atoms with Gasteiger partial charge in [0, 0.05) is 10.4 Å². The van der Waals surface area contributed by atoms with Gasteiger partial charge in [0.2, 0.25) is 11.2 Å². The summed E-state index contributed by atoms with van der Waals surface area (Å²) < 4.78 is 17.4. The SMILES string of the molecule is CCOC(=O)c1c(NC(=O)C(C)Oc2c(-c3ccc(C)cc3)oc3ccccc3c2=O)sc2c1CCCC2. The van der Waals surface area contributed by atoms with Gasteiger partial charge in [0.1, 0.15) is 10.6 Å². The molecule has 1 aliphatic carbocycles. The Hall–Kier alpha value is -3.91. The maximum Gasteiger partial charge on any atom is 0.341 e. The Balaban J connectivity index is 1.48. The molecule has 0 spiro atoms. The molecule has 0 saturated heterocycles. The number of nitrogens with one attached hydrogen (secondary N) is 1. The number of hydrogen-bond donors (Lipinski definition) is 1. The van der Waals surface area contributed by atoms with Crippen molar-refractivity contribution in [3.63, 3.8) is 0 Å². The Labute approximate surface area is 224 Å². The molecule has 196 valence electrons. The Morgan fingerprint density at radius 1 is 1.08 bits per heavy atom. The third kappa shape index (κ3) is 4.96. The zero-order chi connectivity index (χ0) is 26.8. The number of carbonyl (C=O) groups is 2. The molecule has 5 rings (SSSR count). The number of esters is 1. The van der Waals surface area contributed by atoms with Crippen LogP contribution in [0.5, 0.6) is 5.75 Å². The number of ether oxygens (including phenoxy) is 2. The second-order valence-electron chi connectivity index (χ2n) is 9.34. The minimum Gasteiger partial charge on any atom is -0.473 e. The van der Waals surface area contributed by atoms with Crippen LogP contribution in [0.25, 0.3) is 22.3 Å². The van der Waals surface area contributed by atoms with Gasteiger partial charge in [-0.25, -0.2) is 4.79 Å². The van der Waals surface area contributed by atoms with E-state index in [9.17, 15) is 14.4 Å². The number of hydrogen-bond acceptors (Lipinski definition) is 7. The second-order valence-corrected chi connectivity index (χ2v) is 10.4. The molecular weight excluding hydrogens is 502 g/mol. The molecule has 1 amide bonds. The summed E-state index contributed by atoms with van der Waals surface area (Å²) >= 11 is 1.41. The predicted octanol–water partition coefficient (Wildman–Crippen LogP) is 6.29. The summed E-state index contributed by atoms with van der Waals surface area (Å²) in [6.45, 7) is 5.54. The predicted molar refractivity (Wildman–Crippen MR) is 148 cm³/mol. The fourth-order valence-corrected chi connectivity index (χ4v) is 5.92. The van der Waals surface area contributed by atoms with Crippen LogP contribution in [0.3, 0.4) is 0 Å². The summed E-state index contributed by atoms with van der Waals surface area (Å²) in [5, 5.41) is 3.69. The lowest BCUT2D eigenvalue weighted by Crippen LogP contribution is -2.32. The second kappa shape index (κ2) is 10.8. The lowest BCUT2D eigenvalue weighted by molar-refractivity contribution is -0.122. The van der Waals surface area contributed by atoms with Crippen molar-refractivity contribution in [3.05, 3.63) is 80.3 Å². The van der Waals surface area contributed by atoms with Crippen LogP contribution in [-0.2, 0) is 22.4 Å². The van der Waals surface area contributed by atoms with E-state index in [1.54, 1.807) is 38.1 Å². The van der Waals surface area contributed by atoms with E-state index in [-0.39, 0.29) is 23.5 Å². The van der Waals surface area contributed by atoms with Gasteiger partial charge in [-0.3, -0.25) is 9.59 Å². The lowest BCUT2D eigenvalue weighted by atomic mass is 9.95. The van der Waals surface area contributed by atoms with Crippen molar-refractivity contribution in [3.8, 4) is 17.1 Å². The number of anilines is 1. The quantitative estimate of drug-likeness (QED) is 0.282. The van der Waals surface area contributed by atoms with E-state index in [2.05, 4.69) is 5.32 Å². The summed E-state index contributed by atoms with van der Waals surface area (Å²) in [5.74, 6) is -0.692. The number of rotatable bonds is 7. The Bertz CT molecular complexity index is 1570. The molecule has 4 aromatic rings. The van der Waals surface area contributed by atoms with Crippen molar-refractivity contribution in [1.29, 1.82) is 0 Å². The Kier molecular flexibility index (Phi) is 7.33. The molecule has 0 saturated carbocycles. The van der Waals surface area contributed by atoms with Gasteiger partial charge in [0.05, 0.1) is 17.6 Å². The van der Waals surface area contributed by atoms with Crippen LogP contribution in [0.1, 0.15) is 53.1 Å². The number of carbonyl (C=O) groups excluding carboxylic acids is 2. The Morgan fingerprint density at radius 2 is 1.82 bits per heavy atom. The number of aryl methyl sites for hydroxylation is 2. The van der Waals surface area contributed by atoms with E-state index >= 15 is 0 Å². The number of fused-ring (bicyclic) bond motifs is 2. The number of amides is 1. The van der Waals surface area contributed by atoms with Crippen LogP contribution in [0.4, 0.5) is 5.00 Å². The largest absolute Gasteiger partial charge is 0.473 e. The highest BCUT2D eigenvalue weighted by Crippen LogP contribution is 2.39. The molecule has 2 heterocycles. The van der Waals surface area contributed by atoms with Crippen molar-refractivity contribution in [2.75, 3.05) is 11.9 Å². The van der Waals surface area contributed by atoms with Gasteiger partial charge in [-0.2, -0.15) is 0 Å². The van der Waals surface area contributed by atoms with Gasteiger partial charge in [-0.05, 0) is 64.2 Å². The van der Waals surface area contributed by atoms with Gasteiger partial charge in [-0.1, -0.05) is 42.0 Å². The molecule has 1 N–H and O–H groups in total. The van der Waals surface area contributed by atoms with Crippen LogP contribution < -0.4 is 15.5 Å². The van der Waals surface area contributed by atoms with Crippen LogP contribution in [-0.4, -0.2) is 24.6 Å². The van der Waals surface area contributed by atoms with E-state index in [1.165, 1.54) is 11.3 Å². The van der Waals surface area contributed by atoms with Gasteiger partial charge in [0.15, 0.2) is 11.9 Å². The normalized spacial score (nSPS) is 13.6. The first-order valence-electron chi connectivity index (χ1n) is 12.8. The van der Waals surface area contributed by atoms with E-state index in [4.69, 9.17) is 13.9 Å². The number of para-hydroxylation sites is 1. The minimum atomic E-state index is -1.04. The highest BCUT2D eigenvalue weighted by atomic mass is 32.1. The molecule has 2 aromatic carbocycles.